The minimum atomic E-state index is 0. The van der Waals surface area contributed by atoms with Gasteiger partial charge >= 0.3 is 56.5 Å². The Kier molecular flexibility index (Phi) is 174. The Bertz CT molecular complexity index is 183. The summed E-state index contributed by atoms with van der Waals surface area (Å²) < 4.78 is 38.8. The predicted octanol–water partition coefficient (Wildman–Crippen LogP) is -1.30. The molecule has 0 bridgehead atoms. The molecule has 0 unspecified atom stereocenters. The molecule has 120 valence electrons. The van der Waals surface area contributed by atoms with Gasteiger partial charge in [0.25, 0.3) is 0 Å². The molecule has 21 heavy (non-hydrogen) atoms. The van der Waals surface area contributed by atoms with Crippen LogP contribution < -0.4 is 12.4 Å². The molecule has 0 saturated heterocycles. The van der Waals surface area contributed by atoms with Gasteiger partial charge in [-0.2, -0.15) is 0 Å². The maximum Gasteiger partial charge on any atom is 0 e. The second kappa shape index (κ2) is 73.4. The summed E-state index contributed by atoms with van der Waals surface area (Å²) in [4.78, 5) is 0. The van der Waals surface area contributed by atoms with Gasteiger partial charge in [-0.3, -0.25) is 0 Å². The third kappa shape index (κ3) is 45.1. The molecule has 0 rings (SSSR count). The Morgan fingerprint density at radius 1 is 0.524 bits per heavy atom. The van der Waals surface area contributed by atoms with E-state index in [1.165, 1.54) is 30.7 Å². The predicted molar refractivity (Wildman–Crippen MR) is 62.1 cm³/mol. The van der Waals surface area contributed by atoms with Crippen molar-refractivity contribution in [2.45, 2.75) is 27.7 Å². The van der Waals surface area contributed by atoms with Crippen molar-refractivity contribution < 1.29 is 61.2 Å². The maximum atomic E-state index is 7.50. The maximum absolute atomic E-state index is 7.50. The van der Waals surface area contributed by atoms with Crippen molar-refractivity contribution in [3.8, 4) is 0 Å². The molecule has 0 aliphatic rings. The SMILES string of the molecule is CC[N+](CC)(CC)CC.[C-]#[O+].[C-]#[O+].[C-]#[O+].[C-]#[O+].[C-]#[O+].[Cl-].[W]. The van der Waals surface area contributed by atoms with Crippen molar-refractivity contribution in [3.05, 3.63) is 33.3 Å². The number of hydrogen-bond acceptors (Lipinski definition) is 0. The van der Waals surface area contributed by atoms with Gasteiger partial charge in [-0.25, -0.2) is 0 Å². The summed E-state index contributed by atoms with van der Waals surface area (Å²) in [7, 11) is 0. The average Bonchev–Trinajstić information content (AvgIpc) is 2.59. The van der Waals surface area contributed by atoms with Gasteiger partial charge in [-0.05, 0) is 27.7 Å². The second-order valence-electron chi connectivity index (χ2n) is 2.61. The van der Waals surface area contributed by atoms with Gasteiger partial charge in [-0.15, -0.1) is 0 Å². The molecule has 0 amide bonds. The van der Waals surface area contributed by atoms with Crippen LogP contribution in [0.3, 0.4) is 0 Å². The summed E-state index contributed by atoms with van der Waals surface area (Å²) in [6.07, 6.45) is 0. The summed E-state index contributed by atoms with van der Waals surface area (Å²) in [6, 6.07) is 0. The van der Waals surface area contributed by atoms with Crippen LogP contribution in [0.25, 0.3) is 0 Å². The number of nitrogens with zero attached hydrogens (tertiary/aromatic N) is 1. The Hall–Kier alpha value is -0.362. The molecule has 0 aromatic carbocycles. The third-order valence-corrected chi connectivity index (χ3v) is 2.68. The van der Waals surface area contributed by atoms with Crippen molar-refractivity contribution in [1.29, 1.82) is 0 Å². The first kappa shape index (κ1) is 49.8. The fourth-order valence-electron chi connectivity index (χ4n) is 1.34. The number of quaternary nitrogens is 1. The van der Waals surface area contributed by atoms with Crippen molar-refractivity contribution in [3.63, 3.8) is 0 Å². The van der Waals surface area contributed by atoms with E-state index < -0.39 is 0 Å². The molecule has 0 aromatic rings. The fraction of sp³-hybridized carbons (Fsp3) is 0.615. The van der Waals surface area contributed by atoms with Gasteiger partial charge in [0.2, 0.25) is 0 Å². The second-order valence-corrected chi connectivity index (χ2v) is 2.61. The summed E-state index contributed by atoms with van der Waals surface area (Å²) in [5, 5.41) is 0. The zero-order valence-electron chi connectivity index (χ0n) is 12.6. The topological polar surface area (TPSA) is 99.5 Å². The van der Waals surface area contributed by atoms with Crippen LogP contribution in [0.2, 0.25) is 0 Å². The molecule has 0 N–H and O–H groups in total. The van der Waals surface area contributed by atoms with E-state index >= 15 is 0 Å². The van der Waals surface area contributed by atoms with Gasteiger partial charge in [-0.1, -0.05) is 0 Å². The number of halogens is 1. The van der Waals surface area contributed by atoms with Crippen LogP contribution in [-0.4, -0.2) is 30.7 Å². The summed E-state index contributed by atoms with van der Waals surface area (Å²) in [6.45, 7) is 36.7. The third-order valence-electron chi connectivity index (χ3n) is 2.68. The Labute approximate surface area is 148 Å². The van der Waals surface area contributed by atoms with Crippen LogP contribution >= 0.6 is 0 Å². The van der Waals surface area contributed by atoms with Crippen LogP contribution in [0.5, 0.6) is 0 Å². The minimum Gasteiger partial charge on any atom is -1.00 e. The largest absolute Gasteiger partial charge is 1.00 e. The summed E-state index contributed by atoms with van der Waals surface area (Å²) in [5.74, 6) is 0. The van der Waals surface area contributed by atoms with E-state index in [9.17, 15) is 0 Å². The zero-order valence-corrected chi connectivity index (χ0v) is 16.3. The number of rotatable bonds is 4. The molecule has 0 radical (unpaired) electrons. The van der Waals surface area contributed by atoms with Crippen molar-refractivity contribution in [1.82, 2.24) is 0 Å². The van der Waals surface area contributed by atoms with E-state index in [0.29, 0.717) is 0 Å². The summed E-state index contributed by atoms with van der Waals surface area (Å²) >= 11 is 0. The molecule has 0 atom stereocenters. The first-order valence-electron chi connectivity index (χ1n) is 5.11. The van der Waals surface area contributed by atoms with E-state index in [0.717, 1.165) is 0 Å². The van der Waals surface area contributed by atoms with Crippen molar-refractivity contribution >= 4 is 0 Å². The number of hydrogen-bond donors (Lipinski definition) is 0. The molecule has 6 nitrogen and oxygen atoms in total. The monoisotopic (exact) mass is 489 g/mol. The first-order valence-corrected chi connectivity index (χ1v) is 5.11. The normalized spacial score (nSPS) is 5.62. The quantitative estimate of drug-likeness (QED) is 0.266. The average molecular weight is 490 g/mol. The van der Waals surface area contributed by atoms with E-state index in [4.69, 9.17) is 23.3 Å². The molecule has 0 fully saturated rings. The molecule has 0 heterocycles. The van der Waals surface area contributed by atoms with Crippen LogP contribution in [0, 0.1) is 33.3 Å². The van der Waals surface area contributed by atoms with Gasteiger partial charge in [0, 0.05) is 21.1 Å². The van der Waals surface area contributed by atoms with Gasteiger partial charge in [0.1, 0.15) is 0 Å². The van der Waals surface area contributed by atoms with Gasteiger partial charge in [0.05, 0.1) is 26.2 Å². The Morgan fingerprint density at radius 2 is 0.619 bits per heavy atom. The van der Waals surface area contributed by atoms with E-state index in [2.05, 4.69) is 60.9 Å². The molecule has 0 aliphatic carbocycles. The zero-order chi connectivity index (χ0) is 17.3. The van der Waals surface area contributed by atoms with Crippen molar-refractivity contribution in [2.24, 2.45) is 0 Å². The molecule has 8 heteroatoms. The standard InChI is InChI=1S/C8H20N.5CO.ClH.W/c1-5-9(6-2,7-3)8-4;5*1-2;;/h5-8H2,1-4H3;;;;;;1H;/q+1;;;;;;;/p-1. The molecule has 0 aliphatic heterocycles. The summed E-state index contributed by atoms with van der Waals surface area (Å²) in [5.41, 5.74) is 0. The Morgan fingerprint density at radius 3 is 0.619 bits per heavy atom. The van der Waals surface area contributed by atoms with Crippen molar-refractivity contribution in [2.75, 3.05) is 26.2 Å². The molecule has 0 spiro atoms. The van der Waals surface area contributed by atoms with Crippen LogP contribution in [0.1, 0.15) is 27.7 Å². The molecule has 0 aromatic heterocycles. The van der Waals surface area contributed by atoms with Crippen LogP contribution in [0.15, 0.2) is 0 Å². The van der Waals surface area contributed by atoms with E-state index in [-0.39, 0.29) is 33.5 Å². The van der Waals surface area contributed by atoms with E-state index in [1.54, 1.807) is 0 Å². The fourth-order valence-corrected chi connectivity index (χ4v) is 1.34. The smallest absolute Gasteiger partial charge is 0 e. The minimum absolute atomic E-state index is 0. The van der Waals surface area contributed by atoms with Gasteiger partial charge in [0.15, 0.2) is 0 Å². The molecular formula is C13H20ClNO5W. The van der Waals surface area contributed by atoms with E-state index in [1.807, 2.05) is 0 Å². The molecular weight excluding hydrogens is 469 g/mol. The van der Waals surface area contributed by atoms with Crippen LogP contribution in [0.4, 0.5) is 0 Å². The molecule has 0 saturated carbocycles. The van der Waals surface area contributed by atoms with Gasteiger partial charge < -0.3 is 16.9 Å². The Balaban J connectivity index is -0.0000000201. The van der Waals surface area contributed by atoms with Crippen LogP contribution in [-0.2, 0) is 44.3 Å². The first-order chi connectivity index (χ1) is 9.24.